The number of amides is 1. The molecule has 2 saturated heterocycles. The zero-order chi connectivity index (χ0) is 24.4. The lowest BCUT2D eigenvalue weighted by Crippen LogP contribution is -2.54. The van der Waals surface area contributed by atoms with Gasteiger partial charge in [-0.05, 0) is 55.1 Å². The molecule has 0 spiro atoms. The van der Waals surface area contributed by atoms with E-state index in [4.69, 9.17) is 21.1 Å². The van der Waals surface area contributed by atoms with Gasteiger partial charge < -0.3 is 19.3 Å². The van der Waals surface area contributed by atoms with Gasteiger partial charge in [-0.25, -0.2) is 14.4 Å². The Morgan fingerprint density at radius 3 is 2.63 bits per heavy atom. The minimum atomic E-state index is -0.389. The summed E-state index contributed by atoms with van der Waals surface area (Å²) < 4.78 is 25.5. The quantitative estimate of drug-likeness (QED) is 0.516. The summed E-state index contributed by atoms with van der Waals surface area (Å²) in [4.78, 5) is 24.9. The normalized spacial score (nSPS) is 22.7. The van der Waals surface area contributed by atoms with Crippen molar-refractivity contribution in [2.75, 3.05) is 44.8 Å². The highest BCUT2D eigenvalue weighted by Crippen LogP contribution is 2.49. The molecule has 9 heteroatoms. The lowest BCUT2D eigenvalue weighted by atomic mass is 9.90. The molecule has 1 aliphatic carbocycles. The minimum Gasteiger partial charge on any atom is -0.493 e. The molecule has 2 aliphatic heterocycles. The van der Waals surface area contributed by atoms with E-state index < -0.39 is 0 Å². The van der Waals surface area contributed by atoms with Crippen LogP contribution in [0.5, 0.6) is 5.75 Å². The summed E-state index contributed by atoms with van der Waals surface area (Å²) in [7, 11) is 1.64. The number of carbonyl (C=O) groups excluding carboxylic acids is 1. The summed E-state index contributed by atoms with van der Waals surface area (Å²) in [5, 5.41) is 0.559. The number of nitrogens with zero attached hydrogens (tertiary/aromatic N) is 4. The van der Waals surface area contributed by atoms with Crippen molar-refractivity contribution >= 4 is 23.5 Å². The largest absolute Gasteiger partial charge is 0.493 e. The van der Waals surface area contributed by atoms with E-state index in [9.17, 15) is 9.18 Å². The fourth-order valence-electron chi connectivity index (χ4n) is 5.33. The number of hydrogen-bond donors (Lipinski definition) is 0. The Hall–Kier alpha value is -2.45. The Kier molecular flexibility index (Phi) is 7.39. The minimum absolute atomic E-state index is 0.0647. The highest BCUT2D eigenvalue weighted by molar-refractivity contribution is 6.30. The monoisotopic (exact) mass is 502 g/mol. The molecule has 35 heavy (non-hydrogen) atoms. The Balaban J connectivity index is 1.01. The molecule has 3 aliphatic rings. The Morgan fingerprint density at radius 2 is 1.94 bits per heavy atom. The third-order valence-corrected chi connectivity index (χ3v) is 7.86. The van der Waals surface area contributed by atoms with Crippen LogP contribution in [0.1, 0.15) is 31.2 Å². The van der Waals surface area contributed by atoms with E-state index in [1.54, 1.807) is 36.5 Å². The third-order valence-electron chi connectivity index (χ3n) is 7.67. The van der Waals surface area contributed by atoms with Crippen molar-refractivity contribution in [2.24, 2.45) is 17.8 Å². The lowest BCUT2D eigenvalue weighted by molar-refractivity contribution is -0.142. The van der Waals surface area contributed by atoms with Gasteiger partial charge in [0, 0.05) is 39.4 Å². The molecule has 2 atom stereocenters. The van der Waals surface area contributed by atoms with Crippen LogP contribution < -0.4 is 9.64 Å². The van der Waals surface area contributed by atoms with Crippen molar-refractivity contribution < 1.29 is 18.7 Å². The molecule has 188 valence electrons. The van der Waals surface area contributed by atoms with Gasteiger partial charge in [0.2, 0.25) is 11.9 Å². The molecule has 1 amide bonds. The number of benzene rings is 1. The van der Waals surface area contributed by atoms with Crippen LogP contribution in [-0.2, 0) is 16.0 Å². The van der Waals surface area contributed by atoms with E-state index in [1.165, 1.54) is 12.5 Å². The number of methoxy groups -OCH3 is 1. The predicted molar refractivity (Wildman–Crippen MR) is 131 cm³/mol. The van der Waals surface area contributed by atoms with Crippen LogP contribution in [0.2, 0.25) is 5.02 Å². The van der Waals surface area contributed by atoms with Crippen LogP contribution in [0.3, 0.4) is 0 Å². The zero-order valence-corrected chi connectivity index (χ0v) is 20.8. The van der Waals surface area contributed by atoms with E-state index in [0.717, 1.165) is 50.1 Å². The Labute approximate surface area is 210 Å². The molecule has 1 saturated carbocycles. The van der Waals surface area contributed by atoms with Gasteiger partial charge >= 0.3 is 0 Å². The number of likely N-dealkylation sites (tertiary alicyclic amines) is 1. The van der Waals surface area contributed by atoms with Crippen molar-refractivity contribution in [3.05, 3.63) is 47.0 Å². The molecule has 1 aromatic carbocycles. The first-order valence-corrected chi connectivity index (χ1v) is 12.8. The fraction of sp³-hybridized carbons (Fsp3) is 0.577. The third kappa shape index (κ3) is 5.86. The second-order valence-corrected chi connectivity index (χ2v) is 10.3. The van der Waals surface area contributed by atoms with Crippen LogP contribution in [0, 0.1) is 23.6 Å². The second kappa shape index (κ2) is 10.7. The molecule has 0 bridgehead atoms. The average Bonchev–Trinajstić information content (AvgIpc) is 3.60. The van der Waals surface area contributed by atoms with Gasteiger partial charge in [0.25, 0.3) is 0 Å². The van der Waals surface area contributed by atoms with E-state index in [-0.39, 0.29) is 24.2 Å². The van der Waals surface area contributed by atoms with E-state index >= 15 is 0 Å². The number of anilines is 1. The van der Waals surface area contributed by atoms with Crippen molar-refractivity contribution in [1.82, 2.24) is 14.9 Å². The second-order valence-electron chi connectivity index (χ2n) is 9.91. The maximum absolute atomic E-state index is 14.5. The van der Waals surface area contributed by atoms with Gasteiger partial charge in [0.05, 0.1) is 36.5 Å². The van der Waals surface area contributed by atoms with Gasteiger partial charge in [-0.15, -0.1) is 0 Å². The summed E-state index contributed by atoms with van der Waals surface area (Å²) in [5.74, 6) is 3.01. The highest BCUT2D eigenvalue weighted by atomic mass is 35.5. The molecule has 0 unspecified atom stereocenters. The van der Waals surface area contributed by atoms with Crippen LogP contribution in [0.4, 0.5) is 10.3 Å². The molecule has 0 N–H and O–H groups in total. The van der Waals surface area contributed by atoms with Gasteiger partial charge in [-0.1, -0.05) is 17.7 Å². The molecule has 5 rings (SSSR count). The SMILES string of the molecule is COC1CN(C(=O)Cc2ccc(OCC[C@H]3C[C@H]3C3CCN(c4ncc(Cl)cn4)CC3)cc2F)C1. The summed E-state index contributed by atoms with van der Waals surface area (Å²) in [6, 6.07) is 4.82. The van der Waals surface area contributed by atoms with E-state index in [1.807, 2.05) is 0 Å². The van der Waals surface area contributed by atoms with Crippen LogP contribution in [0.25, 0.3) is 0 Å². The number of aromatic nitrogens is 2. The number of carbonyl (C=O) groups is 1. The van der Waals surface area contributed by atoms with Crippen LogP contribution in [-0.4, -0.2) is 66.8 Å². The Morgan fingerprint density at radius 1 is 1.20 bits per heavy atom. The maximum atomic E-state index is 14.5. The van der Waals surface area contributed by atoms with E-state index in [2.05, 4.69) is 14.9 Å². The summed E-state index contributed by atoms with van der Waals surface area (Å²) in [5.41, 5.74) is 0.404. The number of piperidine rings is 1. The molecule has 3 heterocycles. The molecule has 7 nitrogen and oxygen atoms in total. The first kappa shape index (κ1) is 24.3. The molecule has 1 aromatic heterocycles. The standard InChI is InChI=1S/C26H32ClFN4O3/c1-34-22-15-32(16-22)25(33)11-19-2-3-21(12-24(19)28)35-9-6-18-10-23(18)17-4-7-31(8-5-17)26-29-13-20(27)14-30-26/h2-3,12-14,17-18,22-23H,4-11,15-16H2,1H3/t18-,23-/m0/s1. The summed E-state index contributed by atoms with van der Waals surface area (Å²) in [6.07, 6.45) is 8.01. The first-order chi connectivity index (χ1) is 17.0. The van der Waals surface area contributed by atoms with Gasteiger partial charge in [0.15, 0.2) is 0 Å². The smallest absolute Gasteiger partial charge is 0.227 e. The maximum Gasteiger partial charge on any atom is 0.227 e. The van der Waals surface area contributed by atoms with Crippen molar-refractivity contribution in [1.29, 1.82) is 0 Å². The highest BCUT2D eigenvalue weighted by Gasteiger charge is 2.43. The van der Waals surface area contributed by atoms with Crippen molar-refractivity contribution in [3.63, 3.8) is 0 Å². The van der Waals surface area contributed by atoms with Gasteiger partial charge in [-0.3, -0.25) is 4.79 Å². The molecule has 0 radical (unpaired) electrons. The molecular formula is C26H32ClFN4O3. The van der Waals surface area contributed by atoms with Crippen molar-refractivity contribution in [2.45, 2.75) is 38.2 Å². The fourth-order valence-corrected chi connectivity index (χ4v) is 5.43. The zero-order valence-electron chi connectivity index (χ0n) is 20.0. The number of hydrogen-bond acceptors (Lipinski definition) is 6. The Bertz CT molecular complexity index is 1030. The lowest BCUT2D eigenvalue weighted by Gasteiger charge is -2.38. The van der Waals surface area contributed by atoms with Crippen molar-refractivity contribution in [3.8, 4) is 5.75 Å². The molecule has 2 aromatic rings. The number of rotatable bonds is 9. The molecular weight excluding hydrogens is 471 g/mol. The van der Waals surface area contributed by atoms with Gasteiger partial charge in [0.1, 0.15) is 11.6 Å². The molecule has 3 fully saturated rings. The van der Waals surface area contributed by atoms with E-state index in [0.29, 0.717) is 41.9 Å². The van der Waals surface area contributed by atoms with Gasteiger partial charge in [-0.2, -0.15) is 0 Å². The first-order valence-electron chi connectivity index (χ1n) is 12.4. The summed E-state index contributed by atoms with van der Waals surface area (Å²) >= 11 is 5.89. The number of halogens is 2. The van der Waals surface area contributed by atoms with Crippen LogP contribution in [0.15, 0.2) is 30.6 Å². The predicted octanol–water partition coefficient (Wildman–Crippen LogP) is 3.99. The topological polar surface area (TPSA) is 67.8 Å². The van der Waals surface area contributed by atoms with Crippen LogP contribution >= 0.6 is 11.6 Å². The average molecular weight is 503 g/mol. The number of ether oxygens (including phenoxy) is 2. The summed E-state index contributed by atoms with van der Waals surface area (Å²) in [6.45, 7) is 3.70.